The van der Waals surface area contributed by atoms with Gasteiger partial charge in [0.05, 0.1) is 18.4 Å². The summed E-state index contributed by atoms with van der Waals surface area (Å²) in [5.74, 6) is 0.551. The molecule has 0 spiro atoms. The summed E-state index contributed by atoms with van der Waals surface area (Å²) in [5.41, 5.74) is 1.07. The molecule has 6 nitrogen and oxygen atoms in total. The van der Waals surface area contributed by atoms with Crippen LogP contribution < -0.4 is 10.1 Å². The van der Waals surface area contributed by atoms with E-state index < -0.39 is 5.97 Å². The third-order valence-electron chi connectivity index (χ3n) is 4.73. The van der Waals surface area contributed by atoms with Gasteiger partial charge in [0.25, 0.3) is 5.91 Å². The Labute approximate surface area is 178 Å². The second-order valence-corrected chi connectivity index (χ2v) is 6.81. The van der Waals surface area contributed by atoms with Crippen molar-refractivity contribution in [1.29, 1.82) is 0 Å². The normalized spacial score (nSPS) is 10.5. The minimum atomic E-state index is -0.523. The molecule has 0 radical (unpaired) electrons. The molecule has 0 atom stereocenters. The molecule has 0 aromatic heterocycles. The molecule has 0 heterocycles. The zero-order chi connectivity index (χ0) is 21.8. The van der Waals surface area contributed by atoms with Gasteiger partial charge in [0.2, 0.25) is 0 Å². The van der Waals surface area contributed by atoms with Crippen molar-refractivity contribution >= 4 is 28.3 Å². The summed E-state index contributed by atoms with van der Waals surface area (Å²) in [4.78, 5) is 24.5. The number of phenolic OH excluding ortho intramolecular Hbond substituents is 1. The van der Waals surface area contributed by atoms with Crippen LogP contribution in [-0.2, 0) is 4.74 Å². The van der Waals surface area contributed by atoms with Crippen LogP contribution in [0.5, 0.6) is 17.2 Å². The molecule has 4 aromatic rings. The van der Waals surface area contributed by atoms with Gasteiger partial charge in [0.15, 0.2) is 0 Å². The predicted molar refractivity (Wildman–Crippen MR) is 118 cm³/mol. The highest BCUT2D eigenvalue weighted by molar-refractivity contribution is 6.08. The molecule has 0 bridgehead atoms. The van der Waals surface area contributed by atoms with E-state index >= 15 is 0 Å². The summed E-state index contributed by atoms with van der Waals surface area (Å²) >= 11 is 0. The molecule has 4 aromatic carbocycles. The van der Waals surface area contributed by atoms with Crippen LogP contribution in [0.25, 0.3) is 10.8 Å². The third kappa shape index (κ3) is 4.48. The Hall–Kier alpha value is -4.32. The number of anilines is 1. The number of methoxy groups -OCH3 is 1. The fourth-order valence-corrected chi connectivity index (χ4v) is 3.16. The van der Waals surface area contributed by atoms with Crippen molar-refractivity contribution in [2.75, 3.05) is 12.4 Å². The fraction of sp³-hybridized carbons (Fsp3) is 0.0400. The Morgan fingerprint density at radius 3 is 2.26 bits per heavy atom. The van der Waals surface area contributed by atoms with Crippen LogP contribution in [0.4, 0.5) is 5.69 Å². The summed E-state index contributed by atoms with van der Waals surface area (Å²) in [6, 6.07) is 24.0. The zero-order valence-corrected chi connectivity index (χ0v) is 16.7. The number of para-hydroxylation sites is 1. The lowest BCUT2D eigenvalue weighted by Crippen LogP contribution is -2.15. The van der Waals surface area contributed by atoms with Crippen molar-refractivity contribution in [3.8, 4) is 17.2 Å². The molecule has 0 unspecified atom stereocenters. The van der Waals surface area contributed by atoms with Gasteiger partial charge in [-0.05, 0) is 71.4 Å². The molecule has 154 valence electrons. The third-order valence-corrected chi connectivity index (χ3v) is 4.73. The maximum atomic E-state index is 12.6. The number of hydrogen-bond donors (Lipinski definition) is 2. The Morgan fingerprint density at radius 2 is 1.48 bits per heavy atom. The van der Waals surface area contributed by atoms with Crippen molar-refractivity contribution in [3.05, 3.63) is 96.1 Å². The van der Waals surface area contributed by atoms with Gasteiger partial charge >= 0.3 is 5.97 Å². The van der Waals surface area contributed by atoms with E-state index in [-0.39, 0.29) is 17.2 Å². The number of carbonyl (C=O) groups is 2. The lowest BCUT2D eigenvalue weighted by molar-refractivity contribution is 0.0602. The molecule has 31 heavy (non-hydrogen) atoms. The van der Waals surface area contributed by atoms with Crippen molar-refractivity contribution in [3.63, 3.8) is 0 Å². The number of phenols is 1. The monoisotopic (exact) mass is 413 g/mol. The van der Waals surface area contributed by atoms with Gasteiger partial charge in [-0.2, -0.15) is 0 Å². The van der Waals surface area contributed by atoms with E-state index in [0.717, 1.165) is 10.8 Å². The molecule has 0 aliphatic heterocycles. The predicted octanol–water partition coefficient (Wildman–Crippen LogP) is 5.38. The standard InChI is InChI=1S/C25H19NO5/c1-30-25(29)22-4-2-3-5-23(22)26-24(28)16-7-11-20(12-8-16)31-21-13-9-17-14-19(27)10-6-18(17)15-21/h2-15,27H,1H3,(H,26,28). The molecule has 0 aliphatic carbocycles. The first kappa shape index (κ1) is 20.0. The first-order chi connectivity index (χ1) is 15.0. The van der Waals surface area contributed by atoms with Gasteiger partial charge in [-0.25, -0.2) is 4.79 Å². The quantitative estimate of drug-likeness (QED) is 0.429. The van der Waals surface area contributed by atoms with E-state index in [0.29, 0.717) is 22.7 Å². The first-order valence-electron chi connectivity index (χ1n) is 9.53. The van der Waals surface area contributed by atoms with Crippen LogP contribution in [0.2, 0.25) is 0 Å². The minimum Gasteiger partial charge on any atom is -0.508 e. The van der Waals surface area contributed by atoms with E-state index in [2.05, 4.69) is 5.32 Å². The highest BCUT2D eigenvalue weighted by Gasteiger charge is 2.14. The molecule has 0 aliphatic rings. The number of rotatable bonds is 5. The highest BCUT2D eigenvalue weighted by Crippen LogP contribution is 2.28. The Bertz CT molecular complexity index is 1260. The van der Waals surface area contributed by atoms with Crippen molar-refractivity contribution in [1.82, 2.24) is 0 Å². The van der Waals surface area contributed by atoms with Crippen LogP contribution >= 0.6 is 0 Å². The van der Waals surface area contributed by atoms with E-state index in [1.54, 1.807) is 60.7 Å². The number of ether oxygens (including phenoxy) is 2. The smallest absolute Gasteiger partial charge is 0.339 e. The lowest BCUT2D eigenvalue weighted by Gasteiger charge is -2.10. The molecular weight excluding hydrogens is 394 g/mol. The molecule has 4 rings (SSSR count). The largest absolute Gasteiger partial charge is 0.508 e. The summed E-state index contributed by atoms with van der Waals surface area (Å²) < 4.78 is 10.6. The number of aromatic hydroxyl groups is 1. The fourth-order valence-electron chi connectivity index (χ4n) is 3.16. The lowest BCUT2D eigenvalue weighted by atomic mass is 10.1. The van der Waals surface area contributed by atoms with Crippen LogP contribution in [-0.4, -0.2) is 24.1 Å². The molecular formula is C25H19NO5. The second kappa shape index (κ2) is 8.59. The summed E-state index contributed by atoms with van der Waals surface area (Å²) in [5, 5.41) is 14.2. The molecule has 0 saturated heterocycles. The van der Waals surface area contributed by atoms with Crippen molar-refractivity contribution < 1.29 is 24.2 Å². The summed E-state index contributed by atoms with van der Waals surface area (Å²) in [6.07, 6.45) is 0. The molecule has 1 amide bonds. The average molecular weight is 413 g/mol. The van der Waals surface area contributed by atoms with Crippen molar-refractivity contribution in [2.45, 2.75) is 0 Å². The number of esters is 1. The van der Waals surface area contributed by atoms with Crippen LogP contribution in [0.1, 0.15) is 20.7 Å². The number of fused-ring (bicyclic) bond motifs is 1. The van der Waals surface area contributed by atoms with E-state index in [9.17, 15) is 14.7 Å². The van der Waals surface area contributed by atoms with Crippen LogP contribution in [0, 0.1) is 0 Å². The van der Waals surface area contributed by atoms with Crippen molar-refractivity contribution in [2.24, 2.45) is 0 Å². The second-order valence-electron chi connectivity index (χ2n) is 6.81. The highest BCUT2D eigenvalue weighted by atomic mass is 16.5. The Kier molecular flexibility index (Phi) is 5.53. The van der Waals surface area contributed by atoms with E-state index in [1.165, 1.54) is 7.11 Å². The number of hydrogen-bond acceptors (Lipinski definition) is 5. The minimum absolute atomic E-state index is 0.212. The molecule has 0 fully saturated rings. The maximum absolute atomic E-state index is 12.6. The summed E-state index contributed by atoms with van der Waals surface area (Å²) in [6.45, 7) is 0. The number of nitrogens with one attached hydrogen (secondary N) is 1. The van der Waals surface area contributed by atoms with Gasteiger partial charge < -0.3 is 19.9 Å². The van der Waals surface area contributed by atoms with Gasteiger partial charge in [0, 0.05) is 5.56 Å². The van der Waals surface area contributed by atoms with Crippen LogP contribution in [0.3, 0.4) is 0 Å². The van der Waals surface area contributed by atoms with E-state index in [4.69, 9.17) is 9.47 Å². The molecule has 6 heteroatoms. The number of carbonyl (C=O) groups excluding carboxylic acids is 2. The SMILES string of the molecule is COC(=O)c1ccccc1NC(=O)c1ccc(Oc2ccc3cc(O)ccc3c2)cc1. The van der Waals surface area contributed by atoms with Crippen LogP contribution in [0.15, 0.2) is 84.9 Å². The van der Waals surface area contributed by atoms with Gasteiger partial charge in [-0.1, -0.05) is 24.3 Å². The molecule has 0 saturated carbocycles. The molecule has 2 N–H and O–H groups in total. The Balaban J connectivity index is 1.48. The average Bonchev–Trinajstić information content (AvgIpc) is 2.79. The topological polar surface area (TPSA) is 84.9 Å². The first-order valence-corrected chi connectivity index (χ1v) is 9.53. The maximum Gasteiger partial charge on any atom is 0.339 e. The Morgan fingerprint density at radius 1 is 0.806 bits per heavy atom. The van der Waals surface area contributed by atoms with Gasteiger partial charge in [-0.15, -0.1) is 0 Å². The van der Waals surface area contributed by atoms with Gasteiger partial charge in [-0.3, -0.25) is 4.79 Å². The van der Waals surface area contributed by atoms with Gasteiger partial charge in [0.1, 0.15) is 17.2 Å². The summed E-state index contributed by atoms with van der Waals surface area (Å²) in [7, 11) is 1.29. The number of benzene rings is 4. The number of amides is 1. The zero-order valence-electron chi connectivity index (χ0n) is 16.7. The van der Waals surface area contributed by atoms with E-state index in [1.807, 2.05) is 24.3 Å².